The lowest BCUT2D eigenvalue weighted by Crippen LogP contribution is -2.02. The zero-order valence-corrected chi connectivity index (χ0v) is 11.9. The van der Waals surface area contributed by atoms with Crippen molar-refractivity contribution >= 4 is 0 Å². The van der Waals surface area contributed by atoms with Gasteiger partial charge < -0.3 is 0 Å². The summed E-state index contributed by atoms with van der Waals surface area (Å²) in [5, 5.41) is 0. The lowest BCUT2D eigenvalue weighted by molar-refractivity contribution is 0.672. The van der Waals surface area contributed by atoms with Gasteiger partial charge in [-0.05, 0) is 36.2 Å². The van der Waals surface area contributed by atoms with E-state index in [1.54, 1.807) is 0 Å². The molecule has 0 heterocycles. The number of rotatable bonds is 7. The third-order valence-corrected chi connectivity index (χ3v) is 4.33. The molecule has 1 aromatic carbocycles. The first-order valence-corrected chi connectivity index (χ1v) is 7.49. The van der Waals surface area contributed by atoms with Gasteiger partial charge in [-0.25, -0.2) is 0 Å². The zero-order chi connectivity index (χ0) is 12.8. The number of benzene rings is 1. The van der Waals surface area contributed by atoms with Crippen LogP contribution in [0.4, 0.5) is 0 Å². The minimum atomic E-state index is 0.418. The third-order valence-electron chi connectivity index (χ3n) is 4.33. The van der Waals surface area contributed by atoms with Gasteiger partial charge in [0, 0.05) is 0 Å². The van der Waals surface area contributed by atoms with E-state index >= 15 is 0 Å². The molecular weight excluding hydrogens is 216 g/mol. The molecule has 98 valence electrons. The second-order valence-corrected chi connectivity index (χ2v) is 5.87. The zero-order valence-electron chi connectivity index (χ0n) is 11.9. The van der Waals surface area contributed by atoms with Crippen molar-refractivity contribution in [3.05, 3.63) is 48.0 Å². The predicted octanol–water partition coefficient (Wildman–Crippen LogP) is 5.49. The first-order valence-electron chi connectivity index (χ1n) is 7.49. The Morgan fingerprint density at radius 1 is 1.17 bits per heavy atom. The molecule has 0 saturated heterocycles. The van der Waals surface area contributed by atoms with Crippen molar-refractivity contribution < 1.29 is 0 Å². The average molecular weight is 242 g/mol. The second-order valence-electron chi connectivity index (χ2n) is 5.87. The van der Waals surface area contributed by atoms with E-state index in [2.05, 4.69) is 56.3 Å². The number of allylic oxidation sites excluding steroid dienone is 2. The van der Waals surface area contributed by atoms with Crippen molar-refractivity contribution in [2.75, 3.05) is 0 Å². The Balaban J connectivity index is 1.75. The van der Waals surface area contributed by atoms with Crippen LogP contribution in [0.5, 0.6) is 0 Å². The SMILES string of the molecule is CCCCCC/C=C/[C@H]1C[C@@]1(C)c1ccccc1. The van der Waals surface area contributed by atoms with Crippen LogP contribution in [0.2, 0.25) is 0 Å². The van der Waals surface area contributed by atoms with Crippen LogP contribution in [0.1, 0.15) is 57.9 Å². The largest absolute Gasteiger partial charge is 0.0882 e. The fourth-order valence-corrected chi connectivity index (χ4v) is 2.78. The van der Waals surface area contributed by atoms with Crippen LogP contribution in [-0.4, -0.2) is 0 Å². The topological polar surface area (TPSA) is 0 Å². The molecule has 0 N–H and O–H groups in total. The summed E-state index contributed by atoms with van der Waals surface area (Å²) >= 11 is 0. The maximum absolute atomic E-state index is 2.46. The van der Waals surface area contributed by atoms with E-state index < -0.39 is 0 Å². The summed E-state index contributed by atoms with van der Waals surface area (Å²) in [4.78, 5) is 0. The van der Waals surface area contributed by atoms with Crippen molar-refractivity contribution in [3.8, 4) is 0 Å². The number of hydrogen-bond acceptors (Lipinski definition) is 0. The first kappa shape index (κ1) is 13.4. The van der Waals surface area contributed by atoms with Gasteiger partial charge in [0.05, 0.1) is 0 Å². The van der Waals surface area contributed by atoms with Gasteiger partial charge in [0.1, 0.15) is 0 Å². The molecule has 0 bridgehead atoms. The summed E-state index contributed by atoms with van der Waals surface area (Å²) in [5.74, 6) is 0.770. The number of hydrogen-bond donors (Lipinski definition) is 0. The van der Waals surface area contributed by atoms with Gasteiger partial charge in [-0.2, -0.15) is 0 Å². The van der Waals surface area contributed by atoms with Crippen LogP contribution in [0.15, 0.2) is 42.5 Å². The molecule has 0 nitrogen and oxygen atoms in total. The maximum Gasteiger partial charge on any atom is -0.000634 e. The second kappa shape index (κ2) is 6.22. The van der Waals surface area contributed by atoms with Crippen LogP contribution in [0, 0.1) is 5.92 Å². The molecule has 0 aliphatic heterocycles. The summed E-state index contributed by atoms with van der Waals surface area (Å²) < 4.78 is 0. The molecule has 0 radical (unpaired) electrons. The minimum absolute atomic E-state index is 0.418. The first-order chi connectivity index (χ1) is 8.77. The van der Waals surface area contributed by atoms with E-state index in [0.717, 1.165) is 5.92 Å². The molecule has 1 aliphatic carbocycles. The Labute approximate surface area is 112 Å². The molecule has 0 aromatic heterocycles. The molecule has 0 amide bonds. The highest BCUT2D eigenvalue weighted by atomic mass is 14.5. The standard InChI is InChI=1S/C18H26/c1-3-4-5-6-7-9-14-17-15-18(17,2)16-12-10-8-11-13-16/h8-14,17H,3-7,15H2,1-2H3/b14-9+/t17-,18-/m0/s1. The van der Waals surface area contributed by atoms with E-state index in [1.807, 2.05) is 0 Å². The summed E-state index contributed by atoms with van der Waals surface area (Å²) in [6, 6.07) is 11.0. The summed E-state index contributed by atoms with van der Waals surface area (Å²) in [6.45, 7) is 4.67. The summed E-state index contributed by atoms with van der Waals surface area (Å²) in [5.41, 5.74) is 1.92. The molecule has 2 rings (SSSR count). The van der Waals surface area contributed by atoms with Gasteiger partial charge in [-0.15, -0.1) is 0 Å². The molecule has 1 fully saturated rings. The third kappa shape index (κ3) is 3.25. The Hall–Kier alpha value is -1.04. The smallest absolute Gasteiger partial charge is 0.000634 e. The quantitative estimate of drug-likeness (QED) is 0.438. The van der Waals surface area contributed by atoms with Crippen LogP contribution in [0.3, 0.4) is 0 Å². The highest BCUT2D eigenvalue weighted by molar-refractivity contribution is 5.34. The fraction of sp³-hybridized carbons (Fsp3) is 0.556. The van der Waals surface area contributed by atoms with Crippen LogP contribution in [-0.2, 0) is 5.41 Å². The maximum atomic E-state index is 2.46. The van der Waals surface area contributed by atoms with Crippen molar-refractivity contribution in [1.29, 1.82) is 0 Å². The summed E-state index contributed by atoms with van der Waals surface area (Å²) in [7, 11) is 0. The fourth-order valence-electron chi connectivity index (χ4n) is 2.78. The van der Waals surface area contributed by atoms with Gasteiger partial charge in [-0.3, -0.25) is 0 Å². The Morgan fingerprint density at radius 3 is 2.67 bits per heavy atom. The van der Waals surface area contributed by atoms with E-state index in [0.29, 0.717) is 5.41 Å². The molecule has 1 aromatic rings. The predicted molar refractivity (Wildman–Crippen MR) is 79.8 cm³/mol. The molecule has 1 saturated carbocycles. The highest BCUT2D eigenvalue weighted by Gasteiger charge is 2.49. The number of unbranched alkanes of at least 4 members (excludes halogenated alkanes) is 4. The summed E-state index contributed by atoms with van der Waals surface area (Å²) in [6.07, 6.45) is 12.9. The van der Waals surface area contributed by atoms with Gasteiger partial charge in [-0.1, -0.05) is 75.6 Å². The molecule has 1 aliphatic rings. The molecule has 0 unspecified atom stereocenters. The van der Waals surface area contributed by atoms with E-state index in [4.69, 9.17) is 0 Å². The van der Waals surface area contributed by atoms with Crippen molar-refractivity contribution in [3.63, 3.8) is 0 Å². The lowest BCUT2D eigenvalue weighted by Gasteiger charge is -2.09. The monoisotopic (exact) mass is 242 g/mol. The lowest BCUT2D eigenvalue weighted by atomic mass is 9.95. The molecular formula is C18H26. The minimum Gasteiger partial charge on any atom is -0.0882 e. The average Bonchev–Trinajstić information content (AvgIpc) is 3.07. The van der Waals surface area contributed by atoms with Crippen LogP contribution < -0.4 is 0 Å². The Bertz CT molecular complexity index is 376. The van der Waals surface area contributed by atoms with Gasteiger partial charge in [0.15, 0.2) is 0 Å². The van der Waals surface area contributed by atoms with Gasteiger partial charge in [0.25, 0.3) is 0 Å². The van der Waals surface area contributed by atoms with Gasteiger partial charge >= 0.3 is 0 Å². The molecule has 18 heavy (non-hydrogen) atoms. The van der Waals surface area contributed by atoms with Crippen molar-refractivity contribution in [2.45, 2.75) is 57.8 Å². The highest BCUT2D eigenvalue weighted by Crippen LogP contribution is 2.54. The van der Waals surface area contributed by atoms with E-state index in [1.165, 1.54) is 44.1 Å². The van der Waals surface area contributed by atoms with Crippen molar-refractivity contribution in [2.24, 2.45) is 5.92 Å². The van der Waals surface area contributed by atoms with Crippen molar-refractivity contribution in [1.82, 2.24) is 0 Å². The van der Waals surface area contributed by atoms with Crippen LogP contribution >= 0.6 is 0 Å². The molecule has 2 atom stereocenters. The normalized spacial score (nSPS) is 26.7. The molecule has 0 spiro atoms. The van der Waals surface area contributed by atoms with Crippen LogP contribution in [0.25, 0.3) is 0 Å². The van der Waals surface area contributed by atoms with E-state index in [9.17, 15) is 0 Å². The van der Waals surface area contributed by atoms with E-state index in [-0.39, 0.29) is 0 Å². The Morgan fingerprint density at radius 2 is 1.94 bits per heavy atom. The molecule has 0 heteroatoms. The van der Waals surface area contributed by atoms with Gasteiger partial charge in [0.2, 0.25) is 0 Å². The Kier molecular flexibility index (Phi) is 4.63.